The first kappa shape index (κ1) is 10.1. The summed E-state index contributed by atoms with van der Waals surface area (Å²) in [6.07, 6.45) is 0. The molecular formula is C10H12FN3O. The Hall–Kier alpha value is -1.46. The summed E-state index contributed by atoms with van der Waals surface area (Å²) in [6.45, 7) is -0.181. The number of nitrogens with zero attached hydrogens (tertiary/aromatic N) is 2. The number of imidazole rings is 1. The van der Waals surface area contributed by atoms with Gasteiger partial charge in [-0.25, -0.2) is 9.37 Å². The second kappa shape index (κ2) is 3.60. The number of rotatable bonds is 2. The molecule has 4 nitrogen and oxygen atoms in total. The minimum absolute atomic E-state index is 0.181. The molecule has 1 aromatic heterocycles. The average Bonchev–Trinajstić information content (AvgIpc) is 2.54. The van der Waals surface area contributed by atoms with Crippen molar-refractivity contribution < 1.29 is 9.50 Å². The van der Waals surface area contributed by atoms with E-state index in [9.17, 15) is 4.39 Å². The van der Waals surface area contributed by atoms with Crippen LogP contribution in [0.1, 0.15) is 11.9 Å². The minimum atomic E-state index is -0.537. The molecule has 0 aliphatic rings. The number of aromatic nitrogens is 2. The summed E-state index contributed by atoms with van der Waals surface area (Å²) in [5, 5.41) is 8.94. The van der Waals surface area contributed by atoms with Crippen molar-refractivity contribution in [2.24, 2.45) is 12.8 Å². The van der Waals surface area contributed by atoms with Gasteiger partial charge in [0.05, 0.1) is 23.7 Å². The van der Waals surface area contributed by atoms with E-state index in [1.54, 1.807) is 17.7 Å². The number of aryl methyl sites for hydroxylation is 1. The number of fused-ring (bicyclic) bond motifs is 1. The largest absolute Gasteiger partial charge is 0.394 e. The lowest BCUT2D eigenvalue weighted by molar-refractivity contribution is 0.262. The molecule has 1 aromatic carbocycles. The highest BCUT2D eigenvalue weighted by Crippen LogP contribution is 2.19. The van der Waals surface area contributed by atoms with Crippen molar-refractivity contribution in [2.75, 3.05) is 6.61 Å². The molecule has 0 spiro atoms. The molecule has 0 fully saturated rings. The zero-order chi connectivity index (χ0) is 11.0. The van der Waals surface area contributed by atoms with Gasteiger partial charge in [-0.3, -0.25) is 0 Å². The molecule has 0 amide bonds. The number of nitrogens with two attached hydrogens (primary N) is 1. The van der Waals surface area contributed by atoms with Gasteiger partial charge >= 0.3 is 0 Å². The minimum Gasteiger partial charge on any atom is -0.394 e. The van der Waals surface area contributed by atoms with E-state index in [-0.39, 0.29) is 12.4 Å². The Morgan fingerprint density at radius 2 is 2.33 bits per heavy atom. The Labute approximate surface area is 86.1 Å². The second-order valence-corrected chi connectivity index (χ2v) is 3.45. The Bertz CT molecular complexity index is 495. The van der Waals surface area contributed by atoms with Crippen molar-refractivity contribution in [2.45, 2.75) is 6.04 Å². The Morgan fingerprint density at radius 3 is 3.00 bits per heavy atom. The molecule has 0 saturated heterocycles. The quantitative estimate of drug-likeness (QED) is 0.765. The van der Waals surface area contributed by atoms with Crippen molar-refractivity contribution in [3.8, 4) is 0 Å². The van der Waals surface area contributed by atoms with E-state index in [1.807, 2.05) is 0 Å². The number of hydrogen-bond acceptors (Lipinski definition) is 3. The van der Waals surface area contributed by atoms with Gasteiger partial charge in [-0.2, -0.15) is 0 Å². The first-order valence-corrected chi connectivity index (χ1v) is 4.62. The van der Waals surface area contributed by atoms with Crippen LogP contribution >= 0.6 is 0 Å². The third kappa shape index (κ3) is 1.60. The molecule has 0 aliphatic heterocycles. The van der Waals surface area contributed by atoms with Crippen LogP contribution in [0, 0.1) is 5.82 Å². The van der Waals surface area contributed by atoms with Gasteiger partial charge < -0.3 is 15.4 Å². The standard InChI is InChI=1S/C10H12FN3O/c1-14-9-3-2-6(11)4-8(9)13-10(14)7(12)5-15/h2-4,7,15H,5,12H2,1H3. The predicted molar refractivity (Wildman–Crippen MR) is 54.7 cm³/mol. The maximum atomic E-state index is 12.9. The van der Waals surface area contributed by atoms with Crippen LogP contribution < -0.4 is 5.73 Å². The van der Waals surface area contributed by atoms with Gasteiger partial charge in [-0.15, -0.1) is 0 Å². The van der Waals surface area contributed by atoms with Crippen LogP contribution in [0.25, 0.3) is 11.0 Å². The first-order valence-electron chi connectivity index (χ1n) is 4.62. The maximum absolute atomic E-state index is 12.9. The van der Waals surface area contributed by atoms with E-state index in [4.69, 9.17) is 10.8 Å². The monoisotopic (exact) mass is 209 g/mol. The van der Waals surface area contributed by atoms with Crippen molar-refractivity contribution in [1.82, 2.24) is 9.55 Å². The van der Waals surface area contributed by atoms with Crippen molar-refractivity contribution in [3.63, 3.8) is 0 Å². The van der Waals surface area contributed by atoms with Crippen LogP contribution in [0.15, 0.2) is 18.2 Å². The summed E-state index contributed by atoms with van der Waals surface area (Å²) in [5.41, 5.74) is 7.02. The van der Waals surface area contributed by atoms with Crippen molar-refractivity contribution in [1.29, 1.82) is 0 Å². The van der Waals surface area contributed by atoms with E-state index in [0.717, 1.165) is 5.52 Å². The highest BCUT2D eigenvalue weighted by Gasteiger charge is 2.14. The summed E-state index contributed by atoms with van der Waals surface area (Å²) in [6, 6.07) is 3.83. The fraction of sp³-hybridized carbons (Fsp3) is 0.300. The van der Waals surface area contributed by atoms with Crippen LogP contribution in [-0.2, 0) is 7.05 Å². The zero-order valence-electron chi connectivity index (χ0n) is 8.31. The third-order valence-electron chi connectivity index (χ3n) is 2.41. The molecule has 0 saturated carbocycles. The highest BCUT2D eigenvalue weighted by molar-refractivity contribution is 5.76. The molecule has 2 rings (SSSR count). The fourth-order valence-electron chi connectivity index (χ4n) is 1.60. The van der Waals surface area contributed by atoms with Crippen LogP contribution in [0.3, 0.4) is 0 Å². The second-order valence-electron chi connectivity index (χ2n) is 3.45. The fourth-order valence-corrected chi connectivity index (χ4v) is 1.60. The molecule has 80 valence electrons. The molecule has 0 bridgehead atoms. The lowest BCUT2D eigenvalue weighted by Gasteiger charge is -2.07. The van der Waals surface area contributed by atoms with Gasteiger partial charge in [0.15, 0.2) is 0 Å². The molecule has 1 atom stereocenters. The number of halogens is 1. The van der Waals surface area contributed by atoms with E-state index in [0.29, 0.717) is 11.3 Å². The zero-order valence-corrected chi connectivity index (χ0v) is 8.31. The number of hydrogen-bond donors (Lipinski definition) is 2. The van der Waals surface area contributed by atoms with Gasteiger partial charge in [0.1, 0.15) is 11.6 Å². The maximum Gasteiger partial charge on any atom is 0.128 e. The molecule has 2 aromatic rings. The number of aliphatic hydroxyl groups excluding tert-OH is 1. The summed E-state index contributed by atoms with van der Waals surface area (Å²) in [5.74, 6) is 0.225. The van der Waals surface area contributed by atoms with Crippen molar-refractivity contribution >= 4 is 11.0 Å². The van der Waals surface area contributed by atoms with Gasteiger partial charge in [0, 0.05) is 13.1 Å². The van der Waals surface area contributed by atoms with Gasteiger partial charge in [-0.05, 0) is 12.1 Å². The SMILES string of the molecule is Cn1c(C(N)CO)nc2cc(F)ccc21. The smallest absolute Gasteiger partial charge is 0.128 e. The van der Waals surface area contributed by atoms with E-state index >= 15 is 0 Å². The molecule has 0 radical (unpaired) electrons. The van der Waals surface area contributed by atoms with E-state index in [2.05, 4.69) is 4.98 Å². The summed E-state index contributed by atoms with van der Waals surface area (Å²) < 4.78 is 14.7. The number of aliphatic hydroxyl groups is 1. The summed E-state index contributed by atoms with van der Waals surface area (Å²) in [4.78, 5) is 4.18. The Morgan fingerprint density at radius 1 is 1.60 bits per heavy atom. The van der Waals surface area contributed by atoms with E-state index in [1.165, 1.54) is 12.1 Å². The number of benzene rings is 1. The lowest BCUT2D eigenvalue weighted by atomic mass is 10.3. The molecule has 1 heterocycles. The molecule has 15 heavy (non-hydrogen) atoms. The Kier molecular flexibility index (Phi) is 2.42. The van der Waals surface area contributed by atoms with Crippen LogP contribution in [0.2, 0.25) is 0 Å². The third-order valence-corrected chi connectivity index (χ3v) is 2.41. The van der Waals surface area contributed by atoms with Crippen LogP contribution in [0.5, 0.6) is 0 Å². The van der Waals surface area contributed by atoms with Gasteiger partial charge in [0.25, 0.3) is 0 Å². The van der Waals surface area contributed by atoms with Gasteiger partial charge in [0.2, 0.25) is 0 Å². The molecule has 1 unspecified atom stereocenters. The topological polar surface area (TPSA) is 64.1 Å². The molecule has 0 aliphatic carbocycles. The van der Waals surface area contributed by atoms with E-state index < -0.39 is 6.04 Å². The highest BCUT2D eigenvalue weighted by atomic mass is 19.1. The summed E-state index contributed by atoms with van der Waals surface area (Å²) >= 11 is 0. The predicted octanol–water partition coefficient (Wildman–Crippen LogP) is 0.704. The lowest BCUT2D eigenvalue weighted by Crippen LogP contribution is -2.18. The van der Waals surface area contributed by atoms with Crippen LogP contribution in [-0.4, -0.2) is 21.3 Å². The molecule has 5 heteroatoms. The normalized spacial score (nSPS) is 13.3. The van der Waals surface area contributed by atoms with Gasteiger partial charge in [-0.1, -0.05) is 0 Å². The Balaban J connectivity index is 2.63. The molecular weight excluding hydrogens is 197 g/mol. The van der Waals surface area contributed by atoms with Crippen molar-refractivity contribution in [3.05, 3.63) is 29.8 Å². The molecule has 3 N–H and O–H groups in total. The average molecular weight is 209 g/mol. The summed E-state index contributed by atoms with van der Waals surface area (Å²) in [7, 11) is 1.79. The first-order chi connectivity index (χ1) is 7.13. The van der Waals surface area contributed by atoms with Crippen LogP contribution in [0.4, 0.5) is 4.39 Å².